The molecular weight excluding hydrogens is 318 g/mol. The van der Waals surface area contributed by atoms with Gasteiger partial charge in [0.05, 0.1) is 13.7 Å². The summed E-state index contributed by atoms with van der Waals surface area (Å²) in [5.74, 6) is 2.71. The summed E-state index contributed by atoms with van der Waals surface area (Å²) in [6.45, 7) is 3.76. The molecule has 3 rings (SSSR count). The Balaban J connectivity index is 1.42. The normalized spacial score (nSPS) is 10.6. The SMILES string of the molecule is COc1ccc(OCCNCc2nnc(-c3cccc(C)c3)o2)cc1. The van der Waals surface area contributed by atoms with Crippen LogP contribution in [0.15, 0.2) is 52.9 Å². The molecule has 0 unspecified atom stereocenters. The molecule has 0 saturated carbocycles. The number of nitrogens with one attached hydrogen (secondary N) is 1. The standard InChI is InChI=1S/C19H21N3O3/c1-14-4-3-5-15(12-14)19-22-21-18(25-19)13-20-10-11-24-17-8-6-16(23-2)7-9-17/h3-9,12,20H,10-11,13H2,1-2H3. The maximum atomic E-state index is 5.68. The molecular formula is C19H21N3O3. The van der Waals surface area contributed by atoms with E-state index in [-0.39, 0.29) is 0 Å². The molecule has 0 aliphatic carbocycles. The van der Waals surface area contributed by atoms with Gasteiger partial charge in [0.25, 0.3) is 0 Å². The van der Waals surface area contributed by atoms with Gasteiger partial charge in [-0.05, 0) is 43.3 Å². The minimum Gasteiger partial charge on any atom is -0.497 e. The lowest BCUT2D eigenvalue weighted by molar-refractivity contribution is 0.309. The van der Waals surface area contributed by atoms with Crippen molar-refractivity contribution in [2.75, 3.05) is 20.3 Å². The molecule has 6 heteroatoms. The first-order valence-corrected chi connectivity index (χ1v) is 8.11. The van der Waals surface area contributed by atoms with Crippen molar-refractivity contribution in [3.8, 4) is 23.0 Å². The fourth-order valence-electron chi connectivity index (χ4n) is 2.33. The molecule has 0 amide bonds. The minimum atomic E-state index is 0.505. The van der Waals surface area contributed by atoms with Crippen LogP contribution in [0.4, 0.5) is 0 Å². The Morgan fingerprint density at radius 2 is 1.84 bits per heavy atom. The molecule has 1 N–H and O–H groups in total. The van der Waals surface area contributed by atoms with Gasteiger partial charge in [-0.15, -0.1) is 10.2 Å². The van der Waals surface area contributed by atoms with Crippen molar-refractivity contribution in [1.82, 2.24) is 15.5 Å². The zero-order valence-electron chi connectivity index (χ0n) is 14.4. The minimum absolute atomic E-state index is 0.505. The van der Waals surface area contributed by atoms with E-state index in [0.717, 1.165) is 22.6 Å². The first-order chi connectivity index (χ1) is 12.2. The number of rotatable bonds is 8. The Hall–Kier alpha value is -2.86. The van der Waals surface area contributed by atoms with Crippen LogP contribution in [0.3, 0.4) is 0 Å². The van der Waals surface area contributed by atoms with E-state index in [1.807, 2.05) is 55.5 Å². The number of aryl methyl sites for hydroxylation is 1. The van der Waals surface area contributed by atoms with Crippen LogP contribution in [0.2, 0.25) is 0 Å². The summed E-state index contributed by atoms with van der Waals surface area (Å²) in [6.07, 6.45) is 0. The van der Waals surface area contributed by atoms with Gasteiger partial charge in [0.1, 0.15) is 18.1 Å². The van der Waals surface area contributed by atoms with E-state index < -0.39 is 0 Å². The topological polar surface area (TPSA) is 69.4 Å². The van der Waals surface area contributed by atoms with Gasteiger partial charge in [-0.3, -0.25) is 0 Å². The predicted octanol–water partition coefficient (Wildman–Crippen LogP) is 3.22. The highest BCUT2D eigenvalue weighted by Gasteiger charge is 2.08. The van der Waals surface area contributed by atoms with Crippen LogP contribution in [0.5, 0.6) is 11.5 Å². The number of benzene rings is 2. The van der Waals surface area contributed by atoms with Gasteiger partial charge in [0.15, 0.2) is 0 Å². The van der Waals surface area contributed by atoms with E-state index in [9.17, 15) is 0 Å². The number of hydrogen-bond donors (Lipinski definition) is 1. The lowest BCUT2D eigenvalue weighted by Gasteiger charge is -2.07. The molecule has 0 radical (unpaired) electrons. The molecule has 1 aromatic heterocycles. The van der Waals surface area contributed by atoms with Gasteiger partial charge in [-0.25, -0.2) is 0 Å². The summed E-state index contributed by atoms with van der Waals surface area (Å²) < 4.78 is 16.4. The van der Waals surface area contributed by atoms with Crippen LogP contribution in [-0.4, -0.2) is 30.5 Å². The summed E-state index contributed by atoms with van der Waals surface area (Å²) in [5, 5.41) is 11.4. The first-order valence-electron chi connectivity index (χ1n) is 8.11. The zero-order chi connectivity index (χ0) is 17.5. The molecule has 3 aromatic rings. The van der Waals surface area contributed by atoms with E-state index in [1.165, 1.54) is 0 Å². The predicted molar refractivity (Wildman–Crippen MR) is 94.7 cm³/mol. The van der Waals surface area contributed by atoms with Crippen LogP contribution < -0.4 is 14.8 Å². The lowest BCUT2D eigenvalue weighted by Crippen LogP contribution is -2.20. The zero-order valence-corrected chi connectivity index (χ0v) is 14.4. The number of aromatic nitrogens is 2. The van der Waals surface area contributed by atoms with E-state index in [1.54, 1.807) is 7.11 Å². The van der Waals surface area contributed by atoms with Crippen molar-refractivity contribution in [3.05, 3.63) is 60.0 Å². The summed E-state index contributed by atoms with van der Waals surface area (Å²) in [4.78, 5) is 0. The number of ether oxygens (including phenoxy) is 2. The van der Waals surface area contributed by atoms with Crippen LogP contribution >= 0.6 is 0 Å². The Labute approximate surface area is 146 Å². The van der Waals surface area contributed by atoms with E-state index in [2.05, 4.69) is 15.5 Å². The van der Waals surface area contributed by atoms with Gasteiger partial charge < -0.3 is 19.2 Å². The van der Waals surface area contributed by atoms with Crippen molar-refractivity contribution < 1.29 is 13.9 Å². The molecule has 130 valence electrons. The largest absolute Gasteiger partial charge is 0.497 e. The third kappa shape index (κ3) is 4.81. The summed E-state index contributed by atoms with van der Waals surface area (Å²) in [5.41, 5.74) is 2.09. The van der Waals surface area contributed by atoms with Crippen LogP contribution in [0.1, 0.15) is 11.5 Å². The number of methoxy groups -OCH3 is 1. The molecule has 0 atom stereocenters. The van der Waals surface area contributed by atoms with Crippen molar-refractivity contribution >= 4 is 0 Å². The third-order valence-corrected chi connectivity index (χ3v) is 3.62. The second-order valence-electron chi connectivity index (χ2n) is 5.57. The van der Waals surface area contributed by atoms with Gasteiger partial charge in [0.2, 0.25) is 11.8 Å². The monoisotopic (exact) mass is 339 g/mol. The smallest absolute Gasteiger partial charge is 0.247 e. The highest BCUT2D eigenvalue weighted by molar-refractivity contribution is 5.53. The summed E-state index contributed by atoms with van der Waals surface area (Å²) in [7, 11) is 1.64. The first kappa shape index (κ1) is 17.0. The molecule has 0 aliphatic rings. The Morgan fingerprint density at radius 3 is 2.60 bits per heavy atom. The maximum absolute atomic E-state index is 5.68. The molecule has 0 bridgehead atoms. The van der Waals surface area contributed by atoms with Gasteiger partial charge >= 0.3 is 0 Å². The second kappa shape index (κ2) is 8.30. The average Bonchev–Trinajstić information content (AvgIpc) is 3.11. The Kier molecular flexibility index (Phi) is 5.64. The van der Waals surface area contributed by atoms with Crippen LogP contribution in [0.25, 0.3) is 11.5 Å². The van der Waals surface area contributed by atoms with Gasteiger partial charge in [-0.1, -0.05) is 17.7 Å². The molecule has 0 fully saturated rings. The fourth-order valence-corrected chi connectivity index (χ4v) is 2.33. The molecule has 0 saturated heterocycles. The average molecular weight is 339 g/mol. The highest BCUT2D eigenvalue weighted by atomic mass is 16.5. The Morgan fingerprint density at radius 1 is 1.04 bits per heavy atom. The molecule has 25 heavy (non-hydrogen) atoms. The van der Waals surface area contributed by atoms with E-state index in [0.29, 0.717) is 31.5 Å². The second-order valence-corrected chi connectivity index (χ2v) is 5.57. The van der Waals surface area contributed by atoms with Crippen LogP contribution in [-0.2, 0) is 6.54 Å². The number of hydrogen-bond acceptors (Lipinski definition) is 6. The summed E-state index contributed by atoms with van der Waals surface area (Å²) >= 11 is 0. The maximum Gasteiger partial charge on any atom is 0.247 e. The number of nitrogens with zero attached hydrogens (tertiary/aromatic N) is 2. The van der Waals surface area contributed by atoms with Gasteiger partial charge in [-0.2, -0.15) is 0 Å². The molecule has 0 spiro atoms. The molecule has 2 aromatic carbocycles. The quantitative estimate of drug-likeness (QED) is 0.636. The van der Waals surface area contributed by atoms with Gasteiger partial charge in [0, 0.05) is 12.1 Å². The highest BCUT2D eigenvalue weighted by Crippen LogP contribution is 2.19. The van der Waals surface area contributed by atoms with Crippen molar-refractivity contribution in [2.45, 2.75) is 13.5 Å². The fraction of sp³-hybridized carbons (Fsp3) is 0.263. The third-order valence-electron chi connectivity index (χ3n) is 3.62. The van der Waals surface area contributed by atoms with Crippen molar-refractivity contribution in [3.63, 3.8) is 0 Å². The molecule has 6 nitrogen and oxygen atoms in total. The lowest BCUT2D eigenvalue weighted by atomic mass is 10.1. The van der Waals surface area contributed by atoms with Crippen LogP contribution in [0, 0.1) is 6.92 Å². The molecule has 1 heterocycles. The van der Waals surface area contributed by atoms with Crippen molar-refractivity contribution in [2.24, 2.45) is 0 Å². The summed E-state index contributed by atoms with van der Waals surface area (Å²) in [6, 6.07) is 15.5. The molecule has 0 aliphatic heterocycles. The van der Waals surface area contributed by atoms with E-state index >= 15 is 0 Å². The Bertz CT molecular complexity index is 800. The van der Waals surface area contributed by atoms with E-state index in [4.69, 9.17) is 13.9 Å². The van der Waals surface area contributed by atoms with Crippen molar-refractivity contribution in [1.29, 1.82) is 0 Å².